The summed E-state index contributed by atoms with van der Waals surface area (Å²) in [5.41, 5.74) is 1.59. The van der Waals surface area contributed by atoms with Gasteiger partial charge in [-0.3, -0.25) is 4.90 Å². The third kappa shape index (κ3) is 1.99. The summed E-state index contributed by atoms with van der Waals surface area (Å²) in [5, 5.41) is 8.68. The Kier molecular flexibility index (Phi) is 2.74. The number of hydrogen-bond donors (Lipinski definition) is 0. The number of likely N-dealkylation sites (tertiary alicyclic amines) is 1. The van der Waals surface area contributed by atoms with Crippen LogP contribution in [-0.2, 0) is 0 Å². The highest BCUT2D eigenvalue weighted by molar-refractivity contribution is 5.22. The monoisotopic (exact) mass is 192 g/mol. The van der Waals surface area contributed by atoms with Gasteiger partial charge in [0.15, 0.2) is 0 Å². The van der Waals surface area contributed by atoms with Crippen molar-refractivity contribution >= 4 is 0 Å². The third-order valence-corrected chi connectivity index (χ3v) is 3.40. The van der Waals surface area contributed by atoms with E-state index in [-0.39, 0.29) is 11.1 Å². The lowest BCUT2D eigenvalue weighted by Crippen LogP contribution is -2.56. The minimum absolute atomic E-state index is 0.157. The molecule has 1 fully saturated rings. The van der Waals surface area contributed by atoms with Gasteiger partial charge in [-0.15, -0.1) is 0 Å². The summed E-state index contributed by atoms with van der Waals surface area (Å²) < 4.78 is 0. The van der Waals surface area contributed by atoms with Crippen LogP contribution in [0.1, 0.15) is 40.5 Å². The van der Waals surface area contributed by atoms with Gasteiger partial charge in [0, 0.05) is 17.2 Å². The van der Waals surface area contributed by atoms with Crippen molar-refractivity contribution in [1.29, 1.82) is 5.26 Å². The molecule has 0 atom stereocenters. The van der Waals surface area contributed by atoms with Gasteiger partial charge in [0.2, 0.25) is 0 Å². The van der Waals surface area contributed by atoms with Crippen LogP contribution in [0, 0.1) is 11.3 Å². The molecule has 1 rings (SSSR count). The normalized spacial score (nSPS) is 25.6. The maximum atomic E-state index is 8.68. The maximum Gasteiger partial charge on any atom is 0.0911 e. The first kappa shape index (κ1) is 11.3. The first-order valence-electron chi connectivity index (χ1n) is 5.11. The van der Waals surface area contributed by atoms with Gasteiger partial charge in [-0.2, -0.15) is 5.26 Å². The van der Waals surface area contributed by atoms with Crippen LogP contribution in [0.5, 0.6) is 0 Å². The predicted octanol–water partition coefficient (Wildman–Crippen LogP) is 2.72. The van der Waals surface area contributed by atoms with E-state index in [1.807, 2.05) is 0 Å². The van der Waals surface area contributed by atoms with Crippen molar-refractivity contribution in [2.24, 2.45) is 0 Å². The largest absolute Gasteiger partial charge is 0.295 e. The maximum absolute atomic E-state index is 8.68. The summed E-state index contributed by atoms with van der Waals surface area (Å²) in [6, 6.07) is 2.15. The van der Waals surface area contributed by atoms with E-state index in [2.05, 4.69) is 45.7 Å². The molecule has 0 aliphatic carbocycles. The van der Waals surface area contributed by atoms with Gasteiger partial charge >= 0.3 is 0 Å². The SMILES string of the molecule is CN1C(C)(C)CC(=CC#N)CC1(C)C. The molecule has 0 aromatic carbocycles. The lowest BCUT2D eigenvalue weighted by Gasteiger charge is -2.51. The Bertz CT molecular complexity index is 272. The highest BCUT2D eigenvalue weighted by Gasteiger charge is 2.40. The number of hydrogen-bond acceptors (Lipinski definition) is 2. The van der Waals surface area contributed by atoms with E-state index in [0.717, 1.165) is 12.8 Å². The summed E-state index contributed by atoms with van der Waals surface area (Å²) in [6.07, 6.45) is 3.72. The average Bonchev–Trinajstić information content (AvgIpc) is 1.99. The molecule has 1 aliphatic heterocycles. The van der Waals surface area contributed by atoms with E-state index in [0.29, 0.717) is 0 Å². The van der Waals surface area contributed by atoms with E-state index in [4.69, 9.17) is 5.26 Å². The molecule has 1 heterocycles. The molecule has 14 heavy (non-hydrogen) atoms. The Morgan fingerprint density at radius 2 is 1.64 bits per heavy atom. The Balaban J connectivity index is 2.99. The molecular formula is C12H20N2. The topological polar surface area (TPSA) is 27.0 Å². The van der Waals surface area contributed by atoms with Gasteiger partial charge in [0.1, 0.15) is 0 Å². The van der Waals surface area contributed by atoms with Crippen molar-refractivity contribution in [3.05, 3.63) is 11.6 Å². The minimum atomic E-state index is 0.157. The van der Waals surface area contributed by atoms with Crippen molar-refractivity contribution in [2.75, 3.05) is 7.05 Å². The van der Waals surface area contributed by atoms with Crippen LogP contribution < -0.4 is 0 Å². The lowest BCUT2D eigenvalue weighted by atomic mass is 9.77. The zero-order valence-electron chi connectivity index (χ0n) is 9.89. The fourth-order valence-corrected chi connectivity index (χ4v) is 2.42. The predicted molar refractivity (Wildman–Crippen MR) is 58.9 cm³/mol. The summed E-state index contributed by atoms with van der Waals surface area (Å²) in [4.78, 5) is 2.41. The van der Waals surface area contributed by atoms with Gasteiger partial charge in [-0.25, -0.2) is 0 Å². The number of piperidine rings is 1. The Morgan fingerprint density at radius 3 is 2.00 bits per heavy atom. The first-order valence-corrected chi connectivity index (χ1v) is 5.11. The Hall–Kier alpha value is -0.810. The molecule has 78 valence electrons. The smallest absolute Gasteiger partial charge is 0.0911 e. The molecule has 2 heteroatoms. The number of nitrogens with zero attached hydrogens (tertiary/aromatic N) is 2. The highest BCUT2D eigenvalue weighted by Crippen LogP contribution is 2.39. The fraction of sp³-hybridized carbons (Fsp3) is 0.750. The second-order valence-electron chi connectivity index (χ2n) is 5.47. The van der Waals surface area contributed by atoms with Crippen molar-refractivity contribution in [1.82, 2.24) is 4.90 Å². The van der Waals surface area contributed by atoms with Gasteiger partial charge in [-0.05, 0) is 47.6 Å². The molecule has 0 aromatic rings. The van der Waals surface area contributed by atoms with Crippen LogP contribution in [0.25, 0.3) is 0 Å². The highest BCUT2D eigenvalue weighted by atomic mass is 15.2. The van der Waals surface area contributed by atoms with Crippen molar-refractivity contribution in [2.45, 2.75) is 51.6 Å². The number of allylic oxidation sites excluding steroid dienone is 1. The van der Waals surface area contributed by atoms with Crippen molar-refractivity contribution < 1.29 is 0 Å². The van der Waals surface area contributed by atoms with Crippen LogP contribution in [0.2, 0.25) is 0 Å². The lowest BCUT2D eigenvalue weighted by molar-refractivity contribution is 0.0211. The van der Waals surface area contributed by atoms with Crippen LogP contribution >= 0.6 is 0 Å². The summed E-state index contributed by atoms with van der Waals surface area (Å²) >= 11 is 0. The minimum Gasteiger partial charge on any atom is -0.295 e. The van der Waals surface area contributed by atoms with Crippen LogP contribution in [-0.4, -0.2) is 23.0 Å². The molecule has 0 saturated carbocycles. The van der Waals surface area contributed by atoms with Crippen LogP contribution in [0.15, 0.2) is 11.6 Å². The fourth-order valence-electron chi connectivity index (χ4n) is 2.42. The Morgan fingerprint density at radius 1 is 1.21 bits per heavy atom. The molecule has 2 nitrogen and oxygen atoms in total. The van der Waals surface area contributed by atoms with E-state index >= 15 is 0 Å². The van der Waals surface area contributed by atoms with Crippen LogP contribution in [0.3, 0.4) is 0 Å². The molecule has 0 unspecified atom stereocenters. The second kappa shape index (κ2) is 3.40. The van der Waals surface area contributed by atoms with E-state index in [9.17, 15) is 0 Å². The van der Waals surface area contributed by atoms with Gasteiger partial charge in [0.25, 0.3) is 0 Å². The molecule has 0 amide bonds. The molecule has 0 spiro atoms. The molecular weight excluding hydrogens is 172 g/mol. The van der Waals surface area contributed by atoms with Gasteiger partial charge in [-0.1, -0.05) is 5.57 Å². The summed E-state index contributed by atoms with van der Waals surface area (Å²) in [7, 11) is 2.17. The zero-order chi connectivity index (χ0) is 11.0. The molecule has 0 N–H and O–H groups in total. The first-order chi connectivity index (χ1) is 6.29. The van der Waals surface area contributed by atoms with Crippen LogP contribution in [0.4, 0.5) is 0 Å². The average molecular weight is 192 g/mol. The number of rotatable bonds is 0. The molecule has 0 aromatic heterocycles. The zero-order valence-corrected chi connectivity index (χ0v) is 9.89. The second-order valence-corrected chi connectivity index (χ2v) is 5.47. The van der Waals surface area contributed by atoms with E-state index in [1.54, 1.807) is 6.08 Å². The van der Waals surface area contributed by atoms with Crippen molar-refractivity contribution in [3.63, 3.8) is 0 Å². The summed E-state index contributed by atoms with van der Waals surface area (Å²) in [5.74, 6) is 0. The third-order valence-electron chi connectivity index (χ3n) is 3.40. The molecule has 0 bridgehead atoms. The van der Waals surface area contributed by atoms with E-state index < -0.39 is 0 Å². The molecule has 1 saturated heterocycles. The Labute approximate surface area is 87.2 Å². The van der Waals surface area contributed by atoms with Gasteiger partial charge in [0.05, 0.1) is 6.07 Å². The van der Waals surface area contributed by atoms with Crippen molar-refractivity contribution in [3.8, 4) is 6.07 Å². The summed E-state index contributed by atoms with van der Waals surface area (Å²) in [6.45, 7) is 8.94. The molecule has 1 aliphatic rings. The standard InChI is InChI=1S/C12H20N2/c1-11(2)8-10(6-7-13)9-12(3,4)14(11)5/h6H,8-9H2,1-5H3. The number of nitriles is 1. The quantitative estimate of drug-likeness (QED) is 0.552. The van der Waals surface area contributed by atoms with Gasteiger partial charge < -0.3 is 0 Å². The molecule has 0 radical (unpaired) electrons. The van der Waals surface area contributed by atoms with E-state index in [1.165, 1.54) is 5.57 Å².